The molecule has 0 saturated heterocycles. The Balaban J connectivity index is -0.000000595. The van der Waals surface area contributed by atoms with Gasteiger partial charge >= 0.3 is 186 Å². The summed E-state index contributed by atoms with van der Waals surface area (Å²) in [5, 5.41) is 11.6. The zero-order chi connectivity index (χ0) is 31.6. The fraction of sp³-hybridized carbons (Fsp3) is 0.371. The van der Waals surface area contributed by atoms with Gasteiger partial charge in [-0.1, -0.05) is 31.9 Å². The molecule has 3 aromatic carbocycles. The van der Waals surface area contributed by atoms with E-state index in [1.807, 2.05) is 0 Å². The number of Topliss-reactive ketones (excluding diaryl/α,β-unsaturated/α-hetero) is 2. The summed E-state index contributed by atoms with van der Waals surface area (Å²) >= 11 is 4.24. The molecule has 0 amide bonds. The summed E-state index contributed by atoms with van der Waals surface area (Å²) in [4.78, 5) is 18.9. The van der Waals surface area contributed by atoms with Crippen molar-refractivity contribution in [3.63, 3.8) is 0 Å². The van der Waals surface area contributed by atoms with Gasteiger partial charge < -0.3 is 14.7 Å². The molecule has 0 aliphatic carbocycles. The first-order valence-electron chi connectivity index (χ1n) is 13.4. The molecule has 0 unspecified atom stereocenters. The molecular weight excluding hydrogens is 618 g/mol. The topological polar surface area (TPSA) is 57.2 Å². The summed E-state index contributed by atoms with van der Waals surface area (Å²) in [6, 6.07) is 32.3. The van der Waals surface area contributed by atoms with E-state index in [4.69, 9.17) is 0 Å². The minimum atomic E-state index is -2.56. The Morgan fingerprint density at radius 3 is 0.829 bits per heavy atom. The molecule has 222 valence electrons. The van der Waals surface area contributed by atoms with Crippen LogP contribution in [0.15, 0.2) is 102 Å². The molecule has 6 heteroatoms. The third-order valence-corrected chi connectivity index (χ3v) is 13.4. The van der Waals surface area contributed by atoms with Gasteiger partial charge in [-0.05, 0) is 55.4 Å². The van der Waals surface area contributed by atoms with E-state index in [-0.39, 0.29) is 63.0 Å². The van der Waals surface area contributed by atoms with Crippen LogP contribution in [-0.2, 0) is 9.59 Å². The quantitative estimate of drug-likeness (QED) is 0.220. The Labute approximate surface area is 301 Å². The van der Waals surface area contributed by atoms with Crippen LogP contribution < -0.4 is 72.4 Å². The summed E-state index contributed by atoms with van der Waals surface area (Å²) < 4.78 is 0. The molecular formula is C35H51BrKO3P. The zero-order valence-electron chi connectivity index (χ0n) is 27.7. The van der Waals surface area contributed by atoms with Crippen LogP contribution in [0, 0.1) is 0 Å². The number of benzene rings is 3. The summed E-state index contributed by atoms with van der Waals surface area (Å²) in [7, 11) is 0. The molecule has 3 nitrogen and oxygen atoms in total. The third kappa shape index (κ3) is 20.7. The summed E-state index contributed by atoms with van der Waals surface area (Å²) in [5.74, 6) is 0.333. The Morgan fingerprint density at radius 2 is 0.707 bits per heavy atom. The number of carbonyl (C=O) groups excluding carboxylic acids is 2. The first kappa shape index (κ1) is 44.7. The molecule has 0 saturated carbocycles. The number of ketones is 2. The number of rotatable bonds is 3. The van der Waals surface area contributed by atoms with Crippen LogP contribution >= 0.6 is 20.8 Å². The van der Waals surface area contributed by atoms with Crippen molar-refractivity contribution < 1.29 is 66.1 Å². The van der Waals surface area contributed by atoms with Gasteiger partial charge in [-0.2, -0.15) is 0 Å². The van der Waals surface area contributed by atoms with Crippen molar-refractivity contribution in [3.05, 3.63) is 102 Å². The molecule has 0 radical (unpaired) electrons. The minimum Gasteiger partial charge on any atom is 1.00 e. The first-order chi connectivity index (χ1) is 18.2. The molecule has 0 N–H and O–H groups in total. The van der Waals surface area contributed by atoms with Crippen LogP contribution in [0.25, 0.3) is 0 Å². The van der Waals surface area contributed by atoms with E-state index in [1.165, 1.54) is 54.8 Å². The second kappa shape index (κ2) is 21.9. The fourth-order valence-corrected chi connectivity index (χ4v) is 8.46. The van der Waals surface area contributed by atoms with Crippen molar-refractivity contribution >= 4 is 48.3 Å². The molecule has 3 rings (SSSR count). The van der Waals surface area contributed by atoms with Crippen LogP contribution in [0.2, 0.25) is 0 Å². The van der Waals surface area contributed by atoms with Crippen molar-refractivity contribution in [1.29, 1.82) is 0 Å². The van der Waals surface area contributed by atoms with E-state index in [2.05, 4.69) is 141 Å². The van der Waals surface area contributed by atoms with Gasteiger partial charge in [0, 0.05) is 0 Å². The molecule has 41 heavy (non-hydrogen) atoms. The molecule has 0 fully saturated rings. The molecule has 0 aromatic heterocycles. The standard InChI is InChI=1S/C19H18BrP.C6H12.C4H9O.2C3H6O.K/c1-21(20,17-11-5-2-6-12-17,18-13-7-3-8-14-18)19-15-9-4-10-16-19;1-5(2)6(3)4;1-4(2,3)5;2*1-3(2)4;/h2-16H,1H3;1-4H3;1-3H3;2*1-2H3;/q;;-1;;;+1. The minimum absolute atomic E-state index is 0. The Hall–Kier alpha value is -0.754. The maximum Gasteiger partial charge on any atom is 1.00 e. The second-order valence-corrected chi connectivity index (χ2v) is 21.1. The Bertz CT molecular complexity index is 1020. The smallest absolute Gasteiger partial charge is 1.00 e. The van der Waals surface area contributed by atoms with Crippen molar-refractivity contribution in [2.75, 3.05) is 6.66 Å². The SMILES string of the molecule is CC(C)(C)[O-].CC(C)=C(C)C.CC(C)=O.CC(C)=O.CP(Br)(c1ccccc1)(c1ccccc1)c1ccccc1.[K+]. The summed E-state index contributed by atoms with van der Waals surface area (Å²) in [6.45, 7) is 21.9. The van der Waals surface area contributed by atoms with Crippen molar-refractivity contribution in [2.24, 2.45) is 0 Å². The van der Waals surface area contributed by atoms with E-state index < -0.39 is 10.9 Å². The van der Waals surface area contributed by atoms with Gasteiger partial charge in [-0.3, -0.25) is 0 Å². The number of allylic oxidation sites excluding steroid dienone is 2. The molecule has 3 aromatic rings. The van der Waals surface area contributed by atoms with Crippen LogP contribution in [0.5, 0.6) is 0 Å². The molecule has 0 aliphatic heterocycles. The van der Waals surface area contributed by atoms with Crippen molar-refractivity contribution in [1.82, 2.24) is 0 Å². The van der Waals surface area contributed by atoms with Crippen LogP contribution in [0.3, 0.4) is 0 Å². The molecule has 0 heterocycles. The average Bonchev–Trinajstić information content (AvgIpc) is 2.84. The van der Waals surface area contributed by atoms with Crippen LogP contribution in [-0.4, -0.2) is 23.8 Å². The number of carbonyl (C=O) groups is 2. The van der Waals surface area contributed by atoms with Gasteiger partial charge in [0.25, 0.3) is 0 Å². The van der Waals surface area contributed by atoms with Gasteiger partial charge in [-0.25, -0.2) is 0 Å². The average molecular weight is 670 g/mol. The van der Waals surface area contributed by atoms with E-state index in [1.54, 1.807) is 20.8 Å². The van der Waals surface area contributed by atoms with Gasteiger partial charge in [-0.15, -0.1) is 5.60 Å². The molecule has 0 bridgehead atoms. The summed E-state index contributed by atoms with van der Waals surface area (Å²) in [6.07, 6.45) is 0. The largest absolute Gasteiger partial charge is 1.00 e. The fourth-order valence-electron chi connectivity index (χ4n) is 2.79. The zero-order valence-corrected chi connectivity index (χ0v) is 33.3. The normalized spacial score (nSPS) is 10.7. The maximum absolute atomic E-state index is 10.1. The Kier molecular flexibility index (Phi) is 23.8. The van der Waals surface area contributed by atoms with Crippen LogP contribution in [0.1, 0.15) is 76.2 Å². The van der Waals surface area contributed by atoms with E-state index in [0.29, 0.717) is 0 Å². The third-order valence-electron chi connectivity index (χ3n) is 5.11. The second-order valence-electron chi connectivity index (χ2n) is 11.4. The Morgan fingerprint density at radius 1 is 0.561 bits per heavy atom. The van der Waals surface area contributed by atoms with Crippen molar-refractivity contribution in [3.8, 4) is 0 Å². The molecule has 0 spiro atoms. The predicted molar refractivity (Wildman–Crippen MR) is 182 cm³/mol. The van der Waals surface area contributed by atoms with Gasteiger partial charge in [0.15, 0.2) is 0 Å². The molecule has 0 atom stereocenters. The number of hydrogen-bond acceptors (Lipinski definition) is 3. The van der Waals surface area contributed by atoms with Crippen molar-refractivity contribution in [2.45, 2.75) is 81.8 Å². The first-order valence-corrected chi connectivity index (χ1v) is 18.1. The van der Waals surface area contributed by atoms with Crippen LogP contribution in [0.4, 0.5) is 0 Å². The monoisotopic (exact) mass is 668 g/mol. The van der Waals surface area contributed by atoms with Gasteiger partial charge in [0.05, 0.1) is 0 Å². The van der Waals surface area contributed by atoms with E-state index in [0.717, 1.165) is 0 Å². The van der Waals surface area contributed by atoms with E-state index in [9.17, 15) is 14.7 Å². The van der Waals surface area contributed by atoms with Gasteiger partial charge in [0.1, 0.15) is 11.6 Å². The predicted octanol–water partition coefficient (Wildman–Crippen LogP) is 5.16. The van der Waals surface area contributed by atoms with E-state index >= 15 is 0 Å². The summed E-state index contributed by atoms with van der Waals surface area (Å²) in [5.41, 5.74) is 2.10. The number of halogens is 1. The number of hydrogen-bond donors (Lipinski definition) is 0. The molecule has 0 aliphatic rings. The maximum atomic E-state index is 10.1. The van der Waals surface area contributed by atoms with Gasteiger partial charge in [0.2, 0.25) is 0 Å².